The quantitative estimate of drug-likeness (QED) is 0.900. The van der Waals surface area contributed by atoms with Crippen LogP contribution in [0.25, 0.3) is 5.65 Å². The average molecular weight is 245 g/mol. The molecule has 0 amide bonds. The second-order valence-electron chi connectivity index (χ2n) is 5.92. The van der Waals surface area contributed by atoms with Gasteiger partial charge in [0, 0.05) is 17.7 Å². The highest BCUT2D eigenvalue weighted by atomic mass is 15.0. The highest BCUT2D eigenvalue weighted by molar-refractivity contribution is 5.45. The van der Waals surface area contributed by atoms with Gasteiger partial charge in [0.1, 0.15) is 5.65 Å². The summed E-state index contributed by atoms with van der Waals surface area (Å²) in [7, 11) is 0. The molecule has 0 saturated heterocycles. The zero-order valence-corrected chi connectivity index (χ0v) is 11.8. The molecule has 3 nitrogen and oxygen atoms in total. The van der Waals surface area contributed by atoms with Crippen molar-refractivity contribution in [3.63, 3.8) is 0 Å². The minimum Gasteiger partial charge on any atom is -0.323 e. The van der Waals surface area contributed by atoms with Gasteiger partial charge in [-0.25, -0.2) is 4.98 Å². The molecule has 1 unspecified atom stereocenters. The van der Waals surface area contributed by atoms with E-state index in [-0.39, 0.29) is 11.5 Å². The Morgan fingerprint density at radius 1 is 1.33 bits per heavy atom. The van der Waals surface area contributed by atoms with Gasteiger partial charge in [-0.2, -0.15) is 0 Å². The first-order valence-corrected chi connectivity index (χ1v) is 6.68. The van der Waals surface area contributed by atoms with Gasteiger partial charge < -0.3 is 10.1 Å². The van der Waals surface area contributed by atoms with E-state index in [4.69, 9.17) is 10.7 Å². The summed E-state index contributed by atoms with van der Waals surface area (Å²) < 4.78 is 2.14. The number of rotatable bonds is 3. The molecule has 18 heavy (non-hydrogen) atoms. The van der Waals surface area contributed by atoms with Crippen LogP contribution >= 0.6 is 0 Å². The Morgan fingerprint density at radius 3 is 2.67 bits per heavy atom. The van der Waals surface area contributed by atoms with E-state index in [1.165, 1.54) is 5.69 Å². The SMILES string of the molecule is CCCC(N)c1c(C(C)(C)C)nc2ccccn12. The molecular weight excluding hydrogens is 222 g/mol. The molecule has 1 atom stereocenters. The molecule has 2 rings (SSSR count). The van der Waals surface area contributed by atoms with Crippen LogP contribution in [-0.2, 0) is 5.41 Å². The van der Waals surface area contributed by atoms with Crippen molar-refractivity contribution < 1.29 is 0 Å². The standard InChI is InChI=1S/C15H23N3/c1-5-8-11(16)13-14(15(2,3)4)17-12-9-6-7-10-18(12)13/h6-7,9-11H,5,8,16H2,1-4H3. The Labute approximate surface area is 109 Å². The molecule has 0 aliphatic heterocycles. The van der Waals surface area contributed by atoms with Crippen molar-refractivity contribution in [1.82, 2.24) is 9.38 Å². The van der Waals surface area contributed by atoms with Crippen molar-refractivity contribution in [1.29, 1.82) is 0 Å². The predicted octanol–water partition coefficient (Wildman–Crippen LogP) is 3.43. The summed E-state index contributed by atoms with van der Waals surface area (Å²) in [5, 5.41) is 0. The van der Waals surface area contributed by atoms with Gasteiger partial charge in [-0.15, -0.1) is 0 Å². The molecule has 2 aromatic heterocycles. The van der Waals surface area contributed by atoms with Gasteiger partial charge in [0.15, 0.2) is 0 Å². The first-order valence-electron chi connectivity index (χ1n) is 6.68. The monoisotopic (exact) mass is 245 g/mol. The summed E-state index contributed by atoms with van der Waals surface area (Å²) in [6.45, 7) is 8.74. The fourth-order valence-corrected chi connectivity index (χ4v) is 2.37. The van der Waals surface area contributed by atoms with Crippen LogP contribution in [0.4, 0.5) is 0 Å². The molecule has 98 valence electrons. The molecule has 0 aliphatic carbocycles. The summed E-state index contributed by atoms with van der Waals surface area (Å²) in [6.07, 6.45) is 4.14. The van der Waals surface area contributed by atoms with E-state index >= 15 is 0 Å². The molecule has 0 aromatic carbocycles. The largest absolute Gasteiger partial charge is 0.323 e. The van der Waals surface area contributed by atoms with Crippen LogP contribution in [0.1, 0.15) is 58.0 Å². The molecule has 0 saturated carbocycles. The summed E-state index contributed by atoms with van der Waals surface area (Å²) in [4.78, 5) is 4.77. The number of pyridine rings is 1. The molecule has 2 N–H and O–H groups in total. The second kappa shape index (κ2) is 4.73. The summed E-state index contributed by atoms with van der Waals surface area (Å²) in [5.74, 6) is 0. The van der Waals surface area contributed by atoms with Gasteiger partial charge in [-0.1, -0.05) is 40.2 Å². The summed E-state index contributed by atoms with van der Waals surface area (Å²) >= 11 is 0. The third-order valence-corrected chi connectivity index (χ3v) is 3.23. The van der Waals surface area contributed by atoms with Crippen molar-refractivity contribution in [2.45, 2.75) is 52.0 Å². The molecule has 2 aromatic rings. The Morgan fingerprint density at radius 2 is 2.06 bits per heavy atom. The first-order chi connectivity index (χ1) is 8.45. The van der Waals surface area contributed by atoms with Gasteiger partial charge in [0.05, 0.1) is 11.4 Å². The number of fused-ring (bicyclic) bond motifs is 1. The van der Waals surface area contributed by atoms with Gasteiger partial charge in [0.25, 0.3) is 0 Å². The zero-order valence-electron chi connectivity index (χ0n) is 11.8. The normalized spacial score (nSPS) is 14.1. The minimum absolute atomic E-state index is 0.0206. The molecule has 2 heterocycles. The van der Waals surface area contributed by atoms with Crippen LogP contribution in [-0.4, -0.2) is 9.38 Å². The highest BCUT2D eigenvalue weighted by Gasteiger charge is 2.26. The maximum Gasteiger partial charge on any atom is 0.137 e. The van der Waals surface area contributed by atoms with E-state index in [0.29, 0.717) is 0 Å². The number of hydrogen-bond donors (Lipinski definition) is 1. The van der Waals surface area contributed by atoms with Crippen LogP contribution in [0.3, 0.4) is 0 Å². The number of hydrogen-bond acceptors (Lipinski definition) is 2. The summed E-state index contributed by atoms with van der Waals surface area (Å²) in [6, 6.07) is 6.14. The summed E-state index contributed by atoms with van der Waals surface area (Å²) in [5.41, 5.74) is 9.65. The van der Waals surface area contributed by atoms with Gasteiger partial charge >= 0.3 is 0 Å². The van der Waals surface area contributed by atoms with Crippen LogP contribution in [0, 0.1) is 0 Å². The molecular formula is C15H23N3. The van der Waals surface area contributed by atoms with E-state index in [9.17, 15) is 0 Å². The lowest BCUT2D eigenvalue weighted by molar-refractivity contribution is 0.536. The Bertz CT molecular complexity index is 534. The topological polar surface area (TPSA) is 43.3 Å². The lowest BCUT2D eigenvalue weighted by Gasteiger charge is -2.21. The molecule has 0 radical (unpaired) electrons. The second-order valence-corrected chi connectivity index (χ2v) is 5.92. The van der Waals surface area contributed by atoms with Crippen LogP contribution in [0.5, 0.6) is 0 Å². The van der Waals surface area contributed by atoms with Crippen molar-refractivity contribution >= 4 is 5.65 Å². The van der Waals surface area contributed by atoms with E-state index < -0.39 is 0 Å². The zero-order chi connectivity index (χ0) is 13.3. The minimum atomic E-state index is 0.0206. The van der Waals surface area contributed by atoms with Crippen molar-refractivity contribution in [2.24, 2.45) is 5.73 Å². The highest BCUT2D eigenvalue weighted by Crippen LogP contribution is 2.30. The third kappa shape index (κ3) is 2.27. The van der Waals surface area contributed by atoms with Gasteiger partial charge in [-0.05, 0) is 18.6 Å². The van der Waals surface area contributed by atoms with Crippen LogP contribution in [0.2, 0.25) is 0 Å². The van der Waals surface area contributed by atoms with Crippen molar-refractivity contribution in [3.8, 4) is 0 Å². The Kier molecular flexibility index (Phi) is 3.44. The maximum absolute atomic E-state index is 6.35. The first kappa shape index (κ1) is 13.1. The van der Waals surface area contributed by atoms with E-state index in [1.807, 2.05) is 18.2 Å². The van der Waals surface area contributed by atoms with Crippen LogP contribution in [0.15, 0.2) is 24.4 Å². The Hall–Kier alpha value is -1.35. The predicted molar refractivity (Wildman–Crippen MR) is 75.7 cm³/mol. The number of aromatic nitrogens is 2. The molecule has 0 fully saturated rings. The fourth-order valence-electron chi connectivity index (χ4n) is 2.37. The van der Waals surface area contributed by atoms with Crippen molar-refractivity contribution in [3.05, 3.63) is 35.8 Å². The lowest BCUT2D eigenvalue weighted by Crippen LogP contribution is -2.21. The third-order valence-electron chi connectivity index (χ3n) is 3.23. The molecule has 0 spiro atoms. The number of nitrogens with two attached hydrogens (primary N) is 1. The van der Waals surface area contributed by atoms with Crippen molar-refractivity contribution in [2.75, 3.05) is 0 Å². The van der Waals surface area contributed by atoms with Gasteiger partial charge in [-0.3, -0.25) is 0 Å². The smallest absolute Gasteiger partial charge is 0.137 e. The van der Waals surface area contributed by atoms with Crippen LogP contribution < -0.4 is 5.73 Å². The van der Waals surface area contributed by atoms with E-state index in [2.05, 4.69) is 38.3 Å². The van der Waals surface area contributed by atoms with E-state index in [0.717, 1.165) is 24.2 Å². The number of nitrogens with zero attached hydrogens (tertiary/aromatic N) is 2. The lowest BCUT2D eigenvalue weighted by atomic mass is 9.88. The van der Waals surface area contributed by atoms with Gasteiger partial charge in [0.2, 0.25) is 0 Å². The molecule has 0 bridgehead atoms. The Balaban J connectivity index is 2.65. The van der Waals surface area contributed by atoms with E-state index in [1.54, 1.807) is 0 Å². The molecule has 0 aliphatic rings. The average Bonchev–Trinajstić information content (AvgIpc) is 2.68. The molecule has 3 heteroatoms. The maximum atomic E-state index is 6.35. The number of imidazole rings is 1. The fraction of sp³-hybridized carbons (Fsp3) is 0.533.